The lowest BCUT2D eigenvalue weighted by Crippen LogP contribution is -2.39. The van der Waals surface area contributed by atoms with E-state index in [1.807, 2.05) is 19.1 Å². The van der Waals surface area contributed by atoms with Gasteiger partial charge in [0.2, 0.25) is 0 Å². The van der Waals surface area contributed by atoms with Crippen LogP contribution in [0.4, 0.5) is 0 Å². The summed E-state index contributed by atoms with van der Waals surface area (Å²) < 4.78 is 0. The minimum atomic E-state index is 0.519. The van der Waals surface area contributed by atoms with Gasteiger partial charge in [0.05, 0.1) is 6.61 Å². The quantitative estimate of drug-likeness (QED) is 0.795. The van der Waals surface area contributed by atoms with Crippen molar-refractivity contribution in [3.05, 3.63) is 34.9 Å². The number of halogens is 1. The van der Waals surface area contributed by atoms with E-state index in [-0.39, 0.29) is 0 Å². The maximum absolute atomic E-state index is 5.84. The van der Waals surface area contributed by atoms with Gasteiger partial charge in [0.25, 0.3) is 0 Å². The van der Waals surface area contributed by atoms with Crippen LogP contribution in [0.5, 0.6) is 0 Å². The number of benzene rings is 1. The zero-order valence-electron chi connectivity index (χ0n) is 8.87. The first-order valence-corrected chi connectivity index (χ1v) is 5.80. The lowest BCUT2D eigenvalue weighted by molar-refractivity contribution is -0.00157. The van der Waals surface area contributed by atoms with Crippen molar-refractivity contribution < 1.29 is 4.84 Å². The Hall–Kier alpha value is -0.570. The van der Waals surface area contributed by atoms with Crippen LogP contribution in [0.3, 0.4) is 0 Å². The highest BCUT2D eigenvalue weighted by molar-refractivity contribution is 6.30. The van der Waals surface area contributed by atoms with Gasteiger partial charge in [-0.2, -0.15) is 5.48 Å². The largest absolute Gasteiger partial charge is 0.302 e. The van der Waals surface area contributed by atoms with E-state index in [9.17, 15) is 0 Å². The summed E-state index contributed by atoms with van der Waals surface area (Å²) in [4.78, 5) is 5.17. The van der Waals surface area contributed by atoms with E-state index in [2.05, 4.69) is 17.6 Å². The summed E-state index contributed by atoms with van der Waals surface area (Å²) in [7, 11) is 0. The SMILES string of the molecule is CCONC1CC(c2ccc(Cl)cc2)C1. The maximum Gasteiger partial charge on any atom is 0.0654 e. The summed E-state index contributed by atoms with van der Waals surface area (Å²) in [5, 5.41) is 0.807. The van der Waals surface area contributed by atoms with Crippen LogP contribution in [0.15, 0.2) is 24.3 Å². The van der Waals surface area contributed by atoms with Crippen molar-refractivity contribution in [2.75, 3.05) is 6.61 Å². The molecule has 0 bridgehead atoms. The van der Waals surface area contributed by atoms with Crippen molar-refractivity contribution >= 4 is 11.6 Å². The van der Waals surface area contributed by atoms with E-state index < -0.39 is 0 Å². The molecule has 0 unspecified atom stereocenters. The van der Waals surface area contributed by atoms with Gasteiger partial charge in [0.1, 0.15) is 0 Å². The molecule has 0 saturated heterocycles. The van der Waals surface area contributed by atoms with E-state index in [0.29, 0.717) is 12.0 Å². The molecule has 3 heteroatoms. The first kappa shape index (κ1) is 10.9. The molecule has 1 saturated carbocycles. The number of hydrogen-bond donors (Lipinski definition) is 1. The van der Waals surface area contributed by atoms with E-state index in [1.165, 1.54) is 5.56 Å². The Morgan fingerprint density at radius 1 is 1.33 bits per heavy atom. The van der Waals surface area contributed by atoms with E-state index in [1.54, 1.807) is 0 Å². The fraction of sp³-hybridized carbons (Fsp3) is 0.500. The summed E-state index contributed by atoms with van der Waals surface area (Å²) >= 11 is 5.84. The second kappa shape index (κ2) is 4.97. The molecule has 1 aromatic rings. The normalized spacial score (nSPS) is 24.9. The van der Waals surface area contributed by atoms with Crippen molar-refractivity contribution in [1.29, 1.82) is 0 Å². The van der Waals surface area contributed by atoms with Crippen LogP contribution in [-0.2, 0) is 4.84 Å². The van der Waals surface area contributed by atoms with Crippen LogP contribution in [-0.4, -0.2) is 12.6 Å². The summed E-state index contributed by atoms with van der Waals surface area (Å²) in [5.74, 6) is 0.667. The van der Waals surface area contributed by atoms with Crippen molar-refractivity contribution in [2.45, 2.75) is 31.7 Å². The predicted octanol–water partition coefficient (Wildman–Crippen LogP) is 3.13. The first-order valence-electron chi connectivity index (χ1n) is 5.42. The van der Waals surface area contributed by atoms with E-state index in [0.717, 1.165) is 24.5 Å². The smallest absolute Gasteiger partial charge is 0.0654 e. The van der Waals surface area contributed by atoms with Crippen LogP contribution in [0.25, 0.3) is 0 Å². The molecule has 1 N–H and O–H groups in total. The fourth-order valence-electron chi connectivity index (χ4n) is 1.92. The molecule has 1 fully saturated rings. The number of nitrogens with one attached hydrogen (secondary N) is 1. The lowest BCUT2D eigenvalue weighted by Gasteiger charge is -2.35. The van der Waals surface area contributed by atoms with E-state index >= 15 is 0 Å². The number of hydrogen-bond acceptors (Lipinski definition) is 2. The summed E-state index contributed by atoms with van der Waals surface area (Å²) in [5.41, 5.74) is 4.44. The average molecular weight is 226 g/mol. The Labute approximate surface area is 95.5 Å². The predicted molar refractivity (Wildman–Crippen MR) is 62.0 cm³/mol. The highest BCUT2D eigenvalue weighted by Crippen LogP contribution is 2.37. The molecule has 0 aliphatic heterocycles. The maximum atomic E-state index is 5.84. The molecular formula is C12H16ClNO. The van der Waals surface area contributed by atoms with Gasteiger partial charge in [0.15, 0.2) is 0 Å². The molecule has 15 heavy (non-hydrogen) atoms. The molecular weight excluding hydrogens is 210 g/mol. The first-order chi connectivity index (χ1) is 7.29. The van der Waals surface area contributed by atoms with Gasteiger partial charge in [0, 0.05) is 11.1 Å². The summed E-state index contributed by atoms with van der Waals surface area (Å²) in [6.45, 7) is 2.71. The minimum Gasteiger partial charge on any atom is -0.302 e. The molecule has 0 spiro atoms. The molecule has 0 amide bonds. The van der Waals surface area contributed by atoms with Gasteiger partial charge < -0.3 is 4.84 Å². The molecule has 0 radical (unpaired) electrons. The Bertz CT molecular complexity index is 306. The second-order valence-corrected chi connectivity index (χ2v) is 4.40. The van der Waals surface area contributed by atoms with E-state index in [4.69, 9.17) is 16.4 Å². The van der Waals surface area contributed by atoms with Crippen LogP contribution in [0.1, 0.15) is 31.2 Å². The third kappa shape index (κ3) is 2.71. The Morgan fingerprint density at radius 2 is 2.00 bits per heavy atom. The Morgan fingerprint density at radius 3 is 2.60 bits per heavy atom. The molecule has 1 aliphatic carbocycles. The Kier molecular flexibility index (Phi) is 3.62. The lowest BCUT2D eigenvalue weighted by atomic mass is 9.76. The number of rotatable bonds is 4. The van der Waals surface area contributed by atoms with Gasteiger partial charge in [-0.1, -0.05) is 23.7 Å². The molecule has 1 aromatic carbocycles. The van der Waals surface area contributed by atoms with Crippen molar-refractivity contribution in [3.63, 3.8) is 0 Å². The van der Waals surface area contributed by atoms with Crippen LogP contribution >= 0.6 is 11.6 Å². The third-order valence-electron chi connectivity index (χ3n) is 2.87. The second-order valence-electron chi connectivity index (χ2n) is 3.97. The molecule has 0 atom stereocenters. The van der Waals surface area contributed by atoms with Gasteiger partial charge >= 0.3 is 0 Å². The molecule has 0 aromatic heterocycles. The Balaban J connectivity index is 1.81. The standard InChI is InChI=1S/C12H16ClNO/c1-2-15-14-12-7-10(8-12)9-3-5-11(13)6-4-9/h3-6,10,12,14H,2,7-8H2,1H3. The van der Waals surface area contributed by atoms with Crippen molar-refractivity contribution in [2.24, 2.45) is 0 Å². The zero-order chi connectivity index (χ0) is 10.7. The summed E-state index contributed by atoms with van der Waals surface area (Å²) in [6, 6.07) is 8.67. The monoisotopic (exact) mass is 225 g/mol. The molecule has 1 aliphatic rings. The highest BCUT2D eigenvalue weighted by atomic mass is 35.5. The average Bonchev–Trinajstić information content (AvgIpc) is 2.18. The molecule has 0 heterocycles. The number of hydroxylamine groups is 1. The minimum absolute atomic E-state index is 0.519. The van der Waals surface area contributed by atoms with Crippen LogP contribution in [0, 0.1) is 0 Å². The van der Waals surface area contributed by atoms with Gasteiger partial charge in [-0.05, 0) is 43.4 Å². The highest BCUT2D eigenvalue weighted by Gasteiger charge is 2.30. The van der Waals surface area contributed by atoms with Gasteiger partial charge in [-0.15, -0.1) is 0 Å². The third-order valence-corrected chi connectivity index (χ3v) is 3.13. The fourth-order valence-corrected chi connectivity index (χ4v) is 2.05. The zero-order valence-corrected chi connectivity index (χ0v) is 9.63. The van der Waals surface area contributed by atoms with Gasteiger partial charge in [-0.3, -0.25) is 0 Å². The topological polar surface area (TPSA) is 21.3 Å². The molecule has 2 nitrogen and oxygen atoms in total. The van der Waals surface area contributed by atoms with Crippen LogP contribution in [0.2, 0.25) is 5.02 Å². The van der Waals surface area contributed by atoms with Crippen molar-refractivity contribution in [1.82, 2.24) is 5.48 Å². The van der Waals surface area contributed by atoms with Crippen LogP contribution < -0.4 is 5.48 Å². The van der Waals surface area contributed by atoms with Gasteiger partial charge in [-0.25, -0.2) is 0 Å². The van der Waals surface area contributed by atoms with Crippen molar-refractivity contribution in [3.8, 4) is 0 Å². The molecule has 2 rings (SSSR count). The summed E-state index contributed by atoms with van der Waals surface area (Å²) in [6.07, 6.45) is 2.31. The molecule has 82 valence electrons.